The summed E-state index contributed by atoms with van der Waals surface area (Å²) in [6, 6.07) is 7.75. The number of benzene rings is 2. The molecule has 2 aromatic carbocycles. The number of ether oxygens (including phenoxy) is 2. The minimum Gasteiger partial charge on any atom is -0.491 e. The summed E-state index contributed by atoms with van der Waals surface area (Å²) >= 11 is 17.8. The molecule has 2 atom stereocenters. The highest BCUT2D eigenvalue weighted by Crippen LogP contribution is 2.37. The van der Waals surface area contributed by atoms with Crippen molar-refractivity contribution in [3.05, 3.63) is 46.4 Å². The topological polar surface area (TPSA) is 130 Å². The van der Waals surface area contributed by atoms with Crippen molar-refractivity contribution >= 4 is 56.5 Å². The van der Waals surface area contributed by atoms with Crippen LogP contribution in [-0.2, 0) is 19.4 Å². The fraction of sp³-hybridized carbons (Fsp3) is 0.364. The maximum atomic E-state index is 13.0. The molecule has 2 rings (SSSR count). The number of aliphatic hydroxyl groups is 2. The zero-order chi connectivity index (χ0) is 26.3. The van der Waals surface area contributed by atoms with Gasteiger partial charge in [0.25, 0.3) is 0 Å². The maximum Gasteiger partial charge on any atom is 0.226 e. The van der Waals surface area contributed by atoms with Crippen molar-refractivity contribution in [3.63, 3.8) is 0 Å². The third kappa shape index (κ3) is 7.96. The Morgan fingerprint density at radius 2 is 1.43 bits per heavy atom. The van der Waals surface area contributed by atoms with Crippen molar-refractivity contribution in [2.24, 2.45) is 0 Å². The molecule has 2 amide bonds. The Kier molecular flexibility index (Phi) is 10.6. The van der Waals surface area contributed by atoms with Gasteiger partial charge in [-0.05, 0) is 36.4 Å². The summed E-state index contributed by atoms with van der Waals surface area (Å²) < 4.78 is 36.8. The molecule has 2 aromatic rings. The van der Waals surface area contributed by atoms with Gasteiger partial charge in [-0.1, -0.05) is 23.2 Å². The lowest BCUT2D eigenvalue weighted by Gasteiger charge is -2.21. The average Bonchev–Trinajstić information content (AvgIpc) is 2.80. The second-order valence-corrected chi connectivity index (χ2v) is 10.5. The van der Waals surface area contributed by atoms with Gasteiger partial charge in [0.05, 0.1) is 32.3 Å². The van der Waals surface area contributed by atoms with Crippen molar-refractivity contribution in [2.45, 2.75) is 35.8 Å². The zero-order valence-electron chi connectivity index (χ0n) is 18.8. The molecule has 0 heterocycles. The molecule has 0 aliphatic rings. The van der Waals surface area contributed by atoms with Gasteiger partial charge in [0.1, 0.15) is 31.2 Å². The fourth-order valence-corrected chi connectivity index (χ4v) is 4.97. The lowest BCUT2D eigenvalue weighted by Crippen LogP contribution is -2.41. The van der Waals surface area contributed by atoms with Crippen molar-refractivity contribution in [2.75, 3.05) is 25.6 Å². The predicted molar refractivity (Wildman–Crippen MR) is 130 cm³/mol. The van der Waals surface area contributed by atoms with Crippen LogP contribution in [0.2, 0.25) is 10.0 Å². The van der Waals surface area contributed by atoms with Crippen LogP contribution in [0.15, 0.2) is 46.2 Å². The second-order valence-electron chi connectivity index (χ2n) is 7.42. The monoisotopic (exact) mass is 567 g/mol. The van der Waals surface area contributed by atoms with Crippen LogP contribution < -0.4 is 9.47 Å². The Bertz CT molecular complexity index is 1120. The first-order valence-electron chi connectivity index (χ1n) is 10.2. The first-order chi connectivity index (χ1) is 16.4. The highest BCUT2D eigenvalue weighted by molar-refractivity contribution is 7.91. The number of sulfone groups is 1. The minimum atomic E-state index is -4.00. The van der Waals surface area contributed by atoms with Crippen LogP contribution in [0.1, 0.15) is 13.8 Å². The van der Waals surface area contributed by atoms with Gasteiger partial charge in [0.2, 0.25) is 21.7 Å². The molecule has 192 valence electrons. The van der Waals surface area contributed by atoms with Gasteiger partial charge in [0.15, 0.2) is 5.75 Å². The van der Waals surface area contributed by atoms with Crippen LogP contribution in [0.4, 0.5) is 0 Å². The smallest absolute Gasteiger partial charge is 0.226 e. The summed E-state index contributed by atoms with van der Waals surface area (Å²) in [5.41, 5.74) is 0. The molecule has 0 unspecified atom stereocenters. The molecule has 0 aliphatic carbocycles. The van der Waals surface area contributed by atoms with Crippen molar-refractivity contribution in [1.29, 1.82) is 0 Å². The van der Waals surface area contributed by atoms with Crippen LogP contribution in [0, 0.1) is 0 Å². The van der Waals surface area contributed by atoms with Crippen LogP contribution in [-0.4, -0.2) is 73.2 Å². The number of amides is 2. The lowest BCUT2D eigenvalue weighted by molar-refractivity contribution is -0.144. The Hall–Kier alpha value is -2.08. The zero-order valence-corrected chi connectivity index (χ0v) is 21.9. The molecule has 9 nitrogen and oxygen atoms in total. The summed E-state index contributed by atoms with van der Waals surface area (Å²) in [5, 5.41) is 19.4. The lowest BCUT2D eigenvalue weighted by atomic mass is 10.3. The largest absolute Gasteiger partial charge is 0.491 e. The van der Waals surface area contributed by atoms with E-state index < -0.39 is 33.9 Å². The number of carbonyl (C=O) groups excluding carboxylic acids is 2. The van der Waals surface area contributed by atoms with E-state index in [1.54, 1.807) is 0 Å². The van der Waals surface area contributed by atoms with E-state index in [2.05, 4.69) is 0 Å². The number of halogens is 3. The average molecular weight is 569 g/mol. The predicted octanol–water partition coefficient (Wildman–Crippen LogP) is 2.94. The van der Waals surface area contributed by atoms with Gasteiger partial charge >= 0.3 is 0 Å². The molecule has 0 radical (unpaired) electrons. The number of hydrogen-bond donors (Lipinski definition) is 2. The molecule has 13 heteroatoms. The molecule has 35 heavy (non-hydrogen) atoms. The number of imide groups is 1. The molecule has 0 aliphatic heterocycles. The van der Waals surface area contributed by atoms with E-state index in [1.165, 1.54) is 50.2 Å². The molecule has 0 aromatic heterocycles. The van der Waals surface area contributed by atoms with E-state index >= 15 is 0 Å². The number of alkyl halides is 1. The fourth-order valence-electron chi connectivity index (χ4n) is 2.84. The van der Waals surface area contributed by atoms with Gasteiger partial charge in [-0.15, -0.1) is 11.6 Å². The molecular formula is C22H24Cl3NO8S. The van der Waals surface area contributed by atoms with Crippen LogP contribution in [0.25, 0.3) is 0 Å². The standard InChI is InChI=1S/C22H24Cl3NO8S/c1-13(27)26(14(2)28)10-16(30)12-33-17-3-5-18(6-4-17)35(31,32)19-7-20(24)22(21(25)8-19)34-11-15(29)9-23/h3-8,15-16,29-30H,9-12H2,1-2H3/t15-,16+/m0/s1. The Morgan fingerprint density at radius 1 is 0.914 bits per heavy atom. The quantitative estimate of drug-likeness (QED) is 0.396. The molecule has 0 saturated carbocycles. The minimum absolute atomic E-state index is 0.0202. The summed E-state index contributed by atoms with van der Waals surface area (Å²) in [4.78, 5) is 23.5. The van der Waals surface area contributed by atoms with Crippen molar-refractivity contribution in [1.82, 2.24) is 4.90 Å². The molecule has 0 fully saturated rings. The maximum absolute atomic E-state index is 13.0. The van der Waals surface area contributed by atoms with Gasteiger partial charge < -0.3 is 19.7 Å². The highest BCUT2D eigenvalue weighted by atomic mass is 35.5. The van der Waals surface area contributed by atoms with E-state index in [1.807, 2.05) is 0 Å². The van der Waals surface area contributed by atoms with Crippen LogP contribution >= 0.6 is 34.8 Å². The Morgan fingerprint density at radius 3 is 1.91 bits per heavy atom. The number of nitrogens with zero attached hydrogens (tertiary/aromatic N) is 1. The first kappa shape index (κ1) is 29.2. The Labute approximate surface area is 218 Å². The van der Waals surface area contributed by atoms with E-state index in [0.29, 0.717) is 0 Å². The normalized spacial score (nSPS) is 13.1. The third-order valence-corrected chi connectivity index (χ3v) is 7.28. The van der Waals surface area contributed by atoms with E-state index in [-0.39, 0.29) is 57.0 Å². The summed E-state index contributed by atoms with van der Waals surface area (Å²) in [6.45, 7) is 1.78. The number of hydrogen-bond acceptors (Lipinski definition) is 8. The molecule has 2 N–H and O–H groups in total. The number of rotatable bonds is 11. The molecular weight excluding hydrogens is 545 g/mol. The number of aliphatic hydroxyl groups excluding tert-OH is 2. The SMILES string of the molecule is CC(=O)N(C[C@@H](O)COc1ccc(S(=O)(=O)c2cc(Cl)c(OC[C@@H](O)CCl)c(Cl)c2)cc1)C(C)=O. The van der Waals surface area contributed by atoms with Crippen LogP contribution in [0.5, 0.6) is 11.5 Å². The summed E-state index contributed by atoms with van der Waals surface area (Å²) in [6.07, 6.45) is -2.09. The highest BCUT2D eigenvalue weighted by Gasteiger charge is 2.23. The van der Waals surface area contributed by atoms with Gasteiger partial charge in [-0.25, -0.2) is 8.42 Å². The van der Waals surface area contributed by atoms with Gasteiger partial charge in [-0.3, -0.25) is 14.5 Å². The molecule has 0 bridgehead atoms. The van der Waals surface area contributed by atoms with E-state index in [4.69, 9.17) is 44.3 Å². The van der Waals surface area contributed by atoms with Crippen molar-refractivity contribution < 1.29 is 37.7 Å². The summed E-state index contributed by atoms with van der Waals surface area (Å²) in [7, 11) is -4.00. The second kappa shape index (κ2) is 12.8. The van der Waals surface area contributed by atoms with E-state index in [0.717, 1.165) is 4.90 Å². The van der Waals surface area contributed by atoms with Crippen molar-refractivity contribution in [3.8, 4) is 11.5 Å². The number of carbonyl (C=O) groups is 2. The van der Waals surface area contributed by atoms with Gasteiger partial charge in [-0.2, -0.15) is 0 Å². The Balaban J connectivity index is 2.11. The van der Waals surface area contributed by atoms with E-state index in [9.17, 15) is 28.2 Å². The van der Waals surface area contributed by atoms with Crippen LogP contribution in [0.3, 0.4) is 0 Å². The molecule has 0 saturated heterocycles. The van der Waals surface area contributed by atoms with Gasteiger partial charge in [0, 0.05) is 13.8 Å². The third-order valence-electron chi connectivity index (χ3n) is 4.61. The summed E-state index contributed by atoms with van der Waals surface area (Å²) in [5.74, 6) is -0.780. The first-order valence-corrected chi connectivity index (χ1v) is 12.9. The molecule has 0 spiro atoms.